The largest absolute Gasteiger partial charge is 0.490 e. The van der Waals surface area contributed by atoms with Gasteiger partial charge in [0.05, 0.1) is 6.10 Å². The predicted octanol–water partition coefficient (Wildman–Crippen LogP) is 3.67. The molecule has 1 aromatic carbocycles. The number of ether oxygens (including phenoxy) is 1. The van der Waals surface area contributed by atoms with Crippen LogP contribution in [0.15, 0.2) is 18.2 Å². The Morgan fingerprint density at radius 3 is 2.65 bits per heavy atom. The van der Waals surface area contributed by atoms with Crippen molar-refractivity contribution in [3.63, 3.8) is 0 Å². The molecule has 0 saturated carbocycles. The fourth-order valence-electron chi connectivity index (χ4n) is 1.81. The molecule has 0 radical (unpaired) electrons. The summed E-state index contributed by atoms with van der Waals surface area (Å²) in [5, 5.41) is 3.14. The van der Waals surface area contributed by atoms with Crippen molar-refractivity contribution in [2.45, 2.75) is 45.8 Å². The normalized spacial score (nSPS) is 14.4. The fourth-order valence-corrected chi connectivity index (χ4v) is 1.81. The number of rotatable bonds is 6. The van der Waals surface area contributed by atoms with Crippen LogP contribution < -0.4 is 10.1 Å². The zero-order chi connectivity index (χ0) is 12.8. The summed E-state index contributed by atoms with van der Waals surface area (Å²) in [6.07, 6.45) is 2.15. The van der Waals surface area contributed by atoms with E-state index in [4.69, 9.17) is 4.74 Å². The maximum absolute atomic E-state index is 13.3. The Morgan fingerprint density at radius 2 is 2.06 bits per heavy atom. The van der Waals surface area contributed by atoms with Gasteiger partial charge >= 0.3 is 0 Å². The number of benzene rings is 1. The molecule has 2 unspecified atom stereocenters. The summed E-state index contributed by atoms with van der Waals surface area (Å²) in [4.78, 5) is 0. The third kappa shape index (κ3) is 4.00. The number of hydrogen-bond acceptors (Lipinski definition) is 2. The molecule has 0 bridgehead atoms. The van der Waals surface area contributed by atoms with Crippen molar-refractivity contribution in [3.8, 4) is 5.75 Å². The van der Waals surface area contributed by atoms with E-state index in [1.165, 1.54) is 12.1 Å². The van der Waals surface area contributed by atoms with E-state index in [-0.39, 0.29) is 18.0 Å². The maximum atomic E-state index is 13.3. The van der Waals surface area contributed by atoms with E-state index < -0.39 is 0 Å². The lowest BCUT2D eigenvalue weighted by Crippen LogP contribution is -2.17. The van der Waals surface area contributed by atoms with Crippen molar-refractivity contribution >= 4 is 0 Å². The maximum Gasteiger partial charge on any atom is 0.127 e. The van der Waals surface area contributed by atoms with Crippen LogP contribution in [0.25, 0.3) is 0 Å². The first kappa shape index (κ1) is 14.0. The zero-order valence-corrected chi connectivity index (χ0v) is 11.1. The molecule has 1 rings (SSSR count). The highest BCUT2D eigenvalue weighted by Crippen LogP contribution is 2.27. The van der Waals surface area contributed by atoms with Crippen LogP contribution >= 0.6 is 0 Å². The van der Waals surface area contributed by atoms with E-state index in [0.29, 0.717) is 5.75 Å². The fraction of sp³-hybridized carbons (Fsp3) is 0.571. The van der Waals surface area contributed by atoms with Crippen LogP contribution in [0.4, 0.5) is 4.39 Å². The third-order valence-corrected chi connectivity index (χ3v) is 2.90. The summed E-state index contributed by atoms with van der Waals surface area (Å²) in [6, 6.07) is 4.87. The molecule has 17 heavy (non-hydrogen) atoms. The van der Waals surface area contributed by atoms with Crippen molar-refractivity contribution in [1.29, 1.82) is 0 Å². The Bertz CT molecular complexity index is 354. The van der Waals surface area contributed by atoms with E-state index in [2.05, 4.69) is 12.2 Å². The Hall–Kier alpha value is -1.09. The summed E-state index contributed by atoms with van der Waals surface area (Å²) in [5.74, 6) is 0.392. The summed E-state index contributed by atoms with van der Waals surface area (Å²) in [5.41, 5.74) is 0.997. The first-order valence-corrected chi connectivity index (χ1v) is 6.21. The summed E-state index contributed by atoms with van der Waals surface area (Å²) in [7, 11) is 1.88. The van der Waals surface area contributed by atoms with E-state index in [9.17, 15) is 4.39 Å². The van der Waals surface area contributed by atoms with Gasteiger partial charge in [-0.25, -0.2) is 4.39 Å². The molecule has 0 aliphatic heterocycles. The molecule has 0 aliphatic rings. The van der Waals surface area contributed by atoms with Gasteiger partial charge in [0.15, 0.2) is 0 Å². The SMILES string of the molecule is CCCC(C)Oc1cc(F)ccc1C(C)NC. The Morgan fingerprint density at radius 1 is 1.35 bits per heavy atom. The summed E-state index contributed by atoms with van der Waals surface area (Å²) >= 11 is 0. The van der Waals surface area contributed by atoms with Gasteiger partial charge in [0.2, 0.25) is 0 Å². The molecule has 0 saturated heterocycles. The van der Waals surface area contributed by atoms with Crippen molar-refractivity contribution < 1.29 is 9.13 Å². The second-order valence-electron chi connectivity index (χ2n) is 4.41. The molecule has 0 heterocycles. The van der Waals surface area contributed by atoms with Crippen LogP contribution in [0.2, 0.25) is 0 Å². The summed E-state index contributed by atoms with van der Waals surface area (Å²) < 4.78 is 19.1. The standard InChI is InChI=1S/C14H22FNO/c1-5-6-10(2)17-14-9-12(15)7-8-13(14)11(3)16-4/h7-11,16H,5-6H2,1-4H3. The molecular formula is C14H22FNO. The van der Waals surface area contributed by atoms with Gasteiger partial charge in [-0.15, -0.1) is 0 Å². The third-order valence-electron chi connectivity index (χ3n) is 2.90. The summed E-state index contributed by atoms with van der Waals surface area (Å²) in [6.45, 7) is 6.16. The van der Waals surface area contributed by atoms with Gasteiger partial charge in [-0.1, -0.05) is 19.4 Å². The van der Waals surface area contributed by atoms with E-state index in [0.717, 1.165) is 18.4 Å². The lowest BCUT2D eigenvalue weighted by atomic mass is 10.1. The monoisotopic (exact) mass is 239 g/mol. The van der Waals surface area contributed by atoms with Crippen molar-refractivity contribution in [2.75, 3.05) is 7.05 Å². The van der Waals surface area contributed by atoms with E-state index in [1.807, 2.05) is 20.9 Å². The van der Waals surface area contributed by atoms with Crippen LogP contribution in [0.5, 0.6) is 5.75 Å². The van der Waals surface area contributed by atoms with Crippen molar-refractivity contribution in [2.24, 2.45) is 0 Å². The van der Waals surface area contributed by atoms with Crippen LogP contribution in [0.1, 0.15) is 45.2 Å². The predicted molar refractivity (Wildman–Crippen MR) is 68.9 cm³/mol. The lowest BCUT2D eigenvalue weighted by Gasteiger charge is -2.20. The minimum atomic E-state index is -0.254. The van der Waals surface area contributed by atoms with Crippen LogP contribution in [0, 0.1) is 5.82 Å². The average Bonchev–Trinajstić information content (AvgIpc) is 2.28. The van der Waals surface area contributed by atoms with Gasteiger partial charge in [0, 0.05) is 17.7 Å². The average molecular weight is 239 g/mol. The van der Waals surface area contributed by atoms with Crippen LogP contribution in [-0.4, -0.2) is 13.2 Å². The van der Waals surface area contributed by atoms with Gasteiger partial charge in [-0.2, -0.15) is 0 Å². The quantitative estimate of drug-likeness (QED) is 0.817. The molecule has 0 amide bonds. The molecule has 2 atom stereocenters. The highest BCUT2D eigenvalue weighted by Gasteiger charge is 2.13. The molecule has 2 nitrogen and oxygen atoms in total. The van der Waals surface area contributed by atoms with Crippen molar-refractivity contribution in [1.82, 2.24) is 5.32 Å². The first-order valence-electron chi connectivity index (χ1n) is 6.21. The Balaban J connectivity index is 2.90. The van der Waals surface area contributed by atoms with Gasteiger partial charge in [-0.05, 0) is 33.4 Å². The number of nitrogens with one attached hydrogen (secondary N) is 1. The molecular weight excluding hydrogens is 217 g/mol. The minimum absolute atomic E-state index is 0.115. The van der Waals surface area contributed by atoms with E-state index in [1.54, 1.807) is 6.07 Å². The zero-order valence-electron chi connectivity index (χ0n) is 11.1. The number of halogens is 1. The molecule has 0 aromatic heterocycles. The molecule has 3 heteroatoms. The van der Waals surface area contributed by atoms with Gasteiger partial charge in [0.25, 0.3) is 0 Å². The molecule has 0 aliphatic carbocycles. The topological polar surface area (TPSA) is 21.3 Å². The molecule has 0 fully saturated rings. The molecule has 96 valence electrons. The highest BCUT2D eigenvalue weighted by atomic mass is 19.1. The van der Waals surface area contributed by atoms with E-state index >= 15 is 0 Å². The minimum Gasteiger partial charge on any atom is -0.490 e. The van der Waals surface area contributed by atoms with Crippen molar-refractivity contribution in [3.05, 3.63) is 29.6 Å². The second-order valence-corrected chi connectivity index (χ2v) is 4.41. The Labute approximate surface area is 103 Å². The first-order chi connectivity index (χ1) is 8.08. The van der Waals surface area contributed by atoms with Gasteiger partial charge in [-0.3, -0.25) is 0 Å². The molecule has 0 spiro atoms. The smallest absolute Gasteiger partial charge is 0.127 e. The highest BCUT2D eigenvalue weighted by molar-refractivity contribution is 5.36. The van der Waals surface area contributed by atoms with Crippen LogP contribution in [0.3, 0.4) is 0 Å². The second kappa shape index (κ2) is 6.60. The Kier molecular flexibility index (Phi) is 5.42. The number of hydrogen-bond donors (Lipinski definition) is 1. The van der Waals surface area contributed by atoms with Gasteiger partial charge in [0.1, 0.15) is 11.6 Å². The van der Waals surface area contributed by atoms with Gasteiger partial charge < -0.3 is 10.1 Å². The molecule has 1 aromatic rings. The molecule has 1 N–H and O–H groups in total. The van der Waals surface area contributed by atoms with Crippen LogP contribution in [-0.2, 0) is 0 Å². The lowest BCUT2D eigenvalue weighted by molar-refractivity contribution is 0.206.